The number of rotatable bonds is 4. The van der Waals surface area contributed by atoms with E-state index in [1.807, 2.05) is 0 Å². The lowest BCUT2D eigenvalue weighted by molar-refractivity contribution is -0.138. The third-order valence-electron chi connectivity index (χ3n) is 4.33. The number of alkyl halides is 6. The van der Waals surface area contributed by atoms with Crippen molar-refractivity contribution in [2.24, 2.45) is 0 Å². The van der Waals surface area contributed by atoms with E-state index in [1.165, 1.54) is 24.3 Å². The van der Waals surface area contributed by atoms with Crippen molar-refractivity contribution in [3.8, 4) is 0 Å². The molecule has 2 nitrogen and oxygen atoms in total. The number of carbonyl (C=O) groups excluding carboxylic acids is 2. The normalized spacial score (nSPS) is 11.9. The quantitative estimate of drug-likeness (QED) is 0.371. The Hall–Kier alpha value is -3.42. The summed E-state index contributed by atoms with van der Waals surface area (Å²) >= 11 is 0. The summed E-state index contributed by atoms with van der Waals surface area (Å²) in [5, 5.41) is 0. The fraction of sp³-hybridized carbons (Fsp3) is 0.0909. The van der Waals surface area contributed by atoms with Crippen molar-refractivity contribution in [3.63, 3.8) is 0 Å². The van der Waals surface area contributed by atoms with Gasteiger partial charge in [0.2, 0.25) is 0 Å². The zero-order valence-electron chi connectivity index (χ0n) is 15.0. The molecule has 0 bridgehead atoms. The molecule has 0 atom stereocenters. The highest BCUT2D eigenvalue weighted by Crippen LogP contribution is 2.36. The molecule has 0 fully saturated rings. The second kappa shape index (κ2) is 7.78. The van der Waals surface area contributed by atoms with Gasteiger partial charge in [-0.1, -0.05) is 54.6 Å². The molecule has 3 aromatic carbocycles. The van der Waals surface area contributed by atoms with Crippen molar-refractivity contribution in [1.82, 2.24) is 0 Å². The monoisotopic (exact) mass is 422 g/mol. The molecule has 0 amide bonds. The Morgan fingerprint density at radius 1 is 0.600 bits per heavy atom. The van der Waals surface area contributed by atoms with Crippen LogP contribution >= 0.6 is 0 Å². The molecule has 0 aliphatic carbocycles. The van der Waals surface area contributed by atoms with Gasteiger partial charge in [0.05, 0.1) is 11.1 Å². The van der Waals surface area contributed by atoms with E-state index >= 15 is 0 Å². The number of benzene rings is 3. The summed E-state index contributed by atoms with van der Waals surface area (Å²) in [6.07, 6.45) is -9.79. The van der Waals surface area contributed by atoms with Crippen LogP contribution in [0.25, 0.3) is 0 Å². The third-order valence-corrected chi connectivity index (χ3v) is 4.33. The van der Waals surface area contributed by atoms with Crippen molar-refractivity contribution in [1.29, 1.82) is 0 Å². The number of hydrogen-bond donors (Lipinski definition) is 0. The van der Waals surface area contributed by atoms with Gasteiger partial charge in [0, 0.05) is 22.3 Å². The van der Waals surface area contributed by atoms with E-state index in [-0.39, 0.29) is 5.56 Å². The van der Waals surface area contributed by atoms with Gasteiger partial charge in [0.25, 0.3) is 0 Å². The molecule has 0 N–H and O–H groups in total. The Kier molecular flexibility index (Phi) is 5.52. The molecule has 0 heterocycles. The van der Waals surface area contributed by atoms with E-state index in [2.05, 4.69) is 0 Å². The fourth-order valence-corrected chi connectivity index (χ4v) is 2.95. The van der Waals surface area contributed by atoms with Gasteiger partial charge < -0.3 is 0 Å². The lowest BCUT2D eigenvalue weighted by atomic mass is 9.89. The van der Waals surface area contributed by atoms with Crippen molar-refractivity contribution < 1.29 is 35.9 Å². The summed E-state index contributed by atoms with van der Waals surface area (Å²) in [5.74, 6) is -2.18. The van der Waals surface area contributed by atoms with Crippen LogP contribution in [-0.2, 0) is 12.4 Å². The number of ketones is 2. The third kappa shape index (κ3) is 4.27. The summed E-state index contributed by atoms with van der Waals surface area (Å²) < 4.78 is 79.7. The average molecular weight is 422 g/mol. The lowest BCUT2D eigenvalue weighted by Crippen LogP contribution is -2.19. The zero-order chi connectivity index (χ0) is 22.1. The zero-order valence-corrected chi connectivity index (χ0v) is 15.0. The van der Waals surface area contributed by atoms with Crippen LogP contribution in [-0.4, -0.2) is 11.6 Å². The van der Waals surface area contributed by atoms with E-state index in [4.69, 9.17) is 0 Å². The van der Waals surface area contributed by atoms with E-state index in [0.717, 1.165) is 24.3 Å². The topological polar surface area (TPSA) is 34.1 Å². The van der Waals surface area contributed by atoms with Crippen LogP contribution < -0.4 is 0 Å². The molecule has 0 aromatic heterocycles. The van der Waals surface area contributed by atoms with Crippen LogP contribution in [0, 0.1) is 0 Å². The Morgan fingerprint density at radius 2 is 1.20 bits per heavy atom. The minimum absolute atomic E-state index is 0.0370. The van der Waals surface area contributed by atoms with Crippen LogP contribution in [0.2, 0.25) is 0 Å². The first-order chi connectivity index (χ1) is 14.0. The number of halogens is 6. The summed E-state index contributed by atoms with van der Waals surface area (Å²) in [5.41, 5.74) is -4.68. The SMILES string of the molecule is O=C(c1ccccc1)c1cccc(C(F)(F)F)c1C(=O)c1cccc(C(F)(F)F)c1. The highest BCUT2D eigenvalue weighted by molar-refractivity contribution is 6.20. The molecule has 0 aliphatic rings. The van der Waals surface area contributed by atoms with Crippen LogP contribution in [0.3, 0.4) is 0 Å². The van der Waals surface area contributed by atoms with Gasteiger partial charge in [-0.15, -0.1) is 0 Å². The molecule has 154 valence electrons. The van der Waals surface area contributed by atoms with Gasteiger partial charge in [0.1, 0.15) is 0 Å². The van der Waals surface area contributed by atoms with Crippen LogP contribution in [0.4, 0.5) is 26.3 Å². The van der Waals surface area contributed by atoms with Gasteiger partial charge in [0.15, 0.2) is 11.6 Å². The Balaban J connectivity index is 2.22. The van der Waals surface area contributed by atoms with Crippen molar-refractivity contribution in [3.05, 3.63) is 106 Å². The fourth-order valence-electron chi connectivity index (χ4n) is 2.95. The molecule has 0 unspecified atom stereocenters. The molecule has 3 rings (SSSR count). The predicted octanol–water partition coefficient (Wildman–Crippen LogP) is 6.19. The van der Waals surface area contributed by atoms with E-state index < -0.39 is 51.7 Å². The first-order valence-corrected chi connectivity index (χ1v) is 8.52. The van der Waals surface area contributed by atoms with E-state index in [0.29, 0.717) is 18.2 Å². The van der Waals surface area contributed by atoms with Crippen LogP contribution in [0.1, 0.15) is 43.0 Å². The van der Waals surface area contributed by atoms with Crippen molar-refractivity contribution in [2.75, 3.05) is 0 Å². The number of hydrogen-bond acceptors (Lipinski definition) is 2. The molecular weight excluding hydrogens is 410 g/mol. The number of carbonyl (C=O) groups is 2. The second-order valence-corrected chi connectivity index (χ2v) is 6.33. The van der Waals surface area contributed by atoms with Gasteiger partial charge in [-0.25, -0.2) is 0 Å². The maximum absolute atomic E-state index is 13.6. The standard InChI is InChI=1S/C22H12F6O2/c23-21(24,25)15-9-4-8-14(12-15)20(30)18-16(10-5-11-17(18)22(26,27)28)19(29)13-6-2-1-3-7-13/h1-12H. The first kappa shape index (κ1) is 21.3. The molecule has 0 spiro atoms. The highest BCUT2D eigenvalue weighted by atomic mass is 19.4. The van der Waals surface area contributed by atoms with Gasteiger partial charge >= 0.3 is 12.4 Å². The van der Waals surface area contributed by atoms with Gasteiger partial charge in [-0.2, -0.15) is 26.3 Å². The van der Waals surface area contributed by atoms with Crippen LogP contribution in [0.5, 0.6) is 0 Å². The molecular formula is C22H12F6O2. The highest BCUT2D eigenvalue weighted by Gasteiger charge is 2.38. The molecule has 0 radical (unpaired) electrons. The summed E-state index contributed by atoms with van der Waals surface area (Å²) in [6.45, 7) is 0. The predicted molar refractivity (Wildman–Crippen MR) is 96.2 cm³/mol. The minimum Gasteiger partial charge on any atom is -0.289 e. The maximum Gasteiger partial charge on any atom is 0.417 e. The lowest BCUT2D eigenvalue weighted by Gasteiger charge is -2.16. The molecule has 0 saturated heterocycles. The molecule has 8 heteroatoms. The van der Waals surface area contributed by atoms with Crippen molar-refractivity contribution in [2.45, 2.75) is 12.4 Å². The second-order valence-electron chi connectivity index (χ2n) is 6.33. The Bertz CT molecular complexity index is 1100. The molecule has 3 aromatic rings. The average Bonchev–Trinajstić information content (AvgIpc) is 2.71. The van der Waals surface area contributed by atoms with Gasteiger partial charge in [-0.3, -0.25) is 9.59 Å². The summed E-state index contributed by atoms with van der Waals surface area (Å²) in [7, 11) is 0. The summed E-state index contributed by atoms with van der Waals surface area (Å²) in [4.78, 5) is 25.7. The molecule has 30 heavy (non-hydrogen) atoms. The largest absolute Gasteiger partial charge is 0.417 e. The molecule has 0 saturated carbocycles. The molecule has 0 aliphatic heterocycles. The smallest absolute Gasteiger partial charge is 0.289 e. The summed E-state index contributed by atoms with van der Waals surface area (Å²) in [6, 6.07) is 13.0. The van der Waals surface area contributed by atoms with E-state index in [9.17, 15) is 35.9 Å². The maximum atomic E-state index is 13.6. The first-order valence-electron chi connectivity index (χ1n) is 8.52. The van der Waals surface area contributed by atoms with Crippen molar-refractivity contribution >= 4 is 11.6 Å². The minimum atomic E-state index is -5.00. The van der Waals surface area contributed by atoms with E-state index in [1.54, 1.807) is 6.07 Å². The van der Waals surface area contributed by atoms with Crippen LogP contribution in [0.15, 0.2) is 72.8 Å². The Morgan fingerprint density at radius 3 is 1.80 bits per heavy atom. The van der Waals surface area contributed by atoms with Gasteiger partial charge in [-0.05, 0) is 18.2 Å². The Labute approximate surface area is 166 Å².